The maximum absolute atomic E-state index is 9.97. The zero-order valence-electron chi connectivity index (χ0n) is 11.2. The molecule has 0 unspecified atom stereocenters. The minimum Gasteiger partial charge on any atom is -0.507 e. The van der Waals surface area contributed by atoms with Gasteiger partial charge >= 0.3 is 0 Å². The van der Waals surface area contributed by atoms with Crippen molar-refractivity contribution in [3.05, 3.63) is 47.0 Å². The van der Waals surface area contributed by atoms with Crippen molar-refractivity contribution in [2.45, 2.75) is 0 Å². The Morgan fingerprint density at radius 3 is 2.43 bits per heavy atom. The van der Waals surface area contributed by atoms with Crippen molar-refractivity contribution in [1.29, 1.82) is 0 Å². The van der Waals surface area contributed by atoms with E-state index in [0.717, 1.165) is 5.56 Å². The van der Waals surface area contributed by atoms with Crippen molar-refractivity contribution in [2.75, 3.05) is 7.11 Å². The second kappa shape index (κ2) is 5.10. The van der Waals surface area contributed by atoms with Gasteiger partial charge in [-0.3, -0.25) is 0 Å². The fourth-order valence-electron chi connectivity index (χ4n) is 2.22. The van der Waals surface area contributed by atoms with E-state index >= 15 is 0 Å². The van der Waals surface area contributed by atoms with Gasteiger partial charge in [-0.15, -0.1) is 0 Å². The molecule has 0 saturated heterocycles. The van der Waals surface area contributed by atoms with E-state index in [0.29, 0.717) is 15.7 Å². The first kappa shape index (κ1) is 13.5. The Balaban J connectivity index is 2.41. The Bertz CT molecular complexity index is 869. The van der Waals surface area contributed by atoms with Crippen LogP contribution in [-0.4, -0.2) is 17.3 Å². The Kier molecular flexibility index (Phi) is 3.27. The molecule has 0 spiro atoms. The Hall–Kier alpha value is -2.53. The molecule has 3 rings (SSSR count). The van der Waals surface area contributed by atoms with Crippen LogP contribution in [0.25, 0.3) is 22.3 Å². The van der Waals surface area contributed by atoms with Gasteiger partial charge in [-0.05, 0) is 0 Å². The van der Waals surface area contributed by atoms with E-state index in [9.17, 15) is 10.2 Å². The summed E-state index contributed by atoms with van der Waals surface area (Å²) < 4.78 is 11.4. The van der Waals surface area contributed by atoms with Crippen molar-refractivity contribution >= 4 is 23.2 Å². The summed E-state index contributed by atoms with van der Waals surface area (Å²) in [6.07, 6.45) is 0. The third-order valence-electron chi connectivity index (χ3n) is 3.18. The van der Waals surface area contributed by atoms with Gasteiger partial charge in [0.25, 0.3) is 0 Å². The van der Waals surface area contributed by atoms with Crippen LogP contribution in [0.1, 0.15) is 0 Å². The zero-order chi connectivity index (χ0) is 15.0. The second-order valence-electron chi connectivity index (χ2n) is 4.49. The number of aromatic hydroxyl groups is 2. The molecular formula is C16H12O4S. The molecule has 0 amide bonds. The fourth-order valence-corrected chi connectivity index (χ4v) is 2.53. The fraction of sp³-hybridized carbons (Fsp3) is 0.0625. The molecule has 0 aliphatic heterocycles. The standard InChI is InChI=1S/C16H12O4S/c1-19-15-11(18)7-10(17)14-13(21)8-12(20-16(14)15)9-5-3-2-4-6-9/h2-8,17-18H,1H3. The average molecular weight is 300 g/mol. The van der Waals surface area contributed by atoms with Gasteiger partial charge in [0, 0.05) is 17.7 Å². The van der Waals surface area contributed by atoms with Crippen LogP contribution in [0.5, 0.6) is 17.2 Å². The zero-order valence-corrected chi connectivity index (χ0v) is 12.0. The number of phenolic OH excluding ortho intramolecular Hbond substituents is 2. The average Bonchev–Trinajstić information content (AvgIpc) is 2.47. The summed E-state index contributed by atoms with van der Waals surface area (Å²) in [6.45, 7) is 0. The summed E-state index contributed by atoms with van der Waals surface area (Å²) in [6, 6.07) is 12.3. The van der Waals surface area contributed by atoms with Crippen molar-refractivity contribution in [1.82, 2.24) is 0 Å². The van der Waals surface area contributed by atoms with Crippen LogP contribution in [0.2, 0.25) is 0 Å². The number of phenols is 2. The molecule has 2 aromatic carbocycles. The number of ether oxygens (including phenoxy) is 1. The highest BCUT2D eigenvalue weighted by Crippen LogP contribution is 2.42. The molecule has 0 atom stereocenters. The summed E-state index contributed by atoms with van der Waals surface area (Å²) >= 11 is 5.32. The number of benzene rings is 2. The summed E-state index contributed by atoms with van der Waals surface area (Å²) in [4.78, 5) is 0. The van der Waals surface area contributed by atoms with E-state index in [2.05, 4.69) is 0 Å². The molecule has 0 aliphatic carbocycles. The monoisotopic (exact) mass is 300 g/mol. The third-order valence-corrected chi connectivity index (χ3v) is 3.50. The quantitative estimate of drug-likeness (QED) is 0.693. The lowest BCUT2D eigenvalue weighted by Gasteiger charge is -2.10. The molecule has 0 bridgehead atoms. The predicted octanol–water partition coefficient (Wildman–Crippen LogP) is 4.25. The summed E-state index contributed by atoms with van der Waals surface area (Å²) in [5, 5.41) is 20.2. The molecule has 0 aliphatic rings. The normalized spacial score (nSPS) is 10.7. The van der Waals surface area contributed by atoms with Crippen molar-refractivity contribution in [2.24, 2.45) is 0 Å². The van der Waals surface area contributed by atoms with Gasteiger partial charge in [-0.25, -0.2) is 0 Å². The summed E-state index contributed by atoms with van der Waals surface area (Å²) in [5.41, 5.74) is 1.07. The predicted molar refractivity (Wildman–Crippen MR) is 82.4 cm³/mol. The van der Waals surface area contributed by atoms with Gasteiger partial charge in [0.05, 0.1) is 17.0 Å². The highest BCUT2D eigenvalue weighted by atomic mass is 32.1. The number of methoxy groups -OCH3 is 1. The molecular weight excluding hydrogens is 288 g/mol. The van der Waals surface area contributed by atoms with Gasteiger partial charge in [-0.1, -0.05) is 42.5 Å². The maximum atomic E-state index is 9.97. The number of rotatable bonds is 2. The van der Waals surface area contributed by atoms with Crippen LogP contribution in [0.4, 0.5) is 0 Å². The molecule has 2 N–H and O–H groups in total. The Morgan fingerprint density at radius 1 is 1.05 bits per heavy atom. The summed E-state index contributed by atoms with van der Waals surface area (Å²) in [5.74, 6) is 0.339. The SMILES string of the molecule is COc1c(O)cc(O)c2c(=S)cc(-c3ccccc3)oc12. The molecule has 0 fully saturated rings. The number of fused-ring (bicyclic) bond motifs is 1. The van der Waals surface area contributed by atoms with E-state index < -0.39 is 0 Å². The van der Waals surface area contributed by atoms with Gasteiger partial charge in [0.2, 0.25) is 5.75 Å². The van der Waals surface area contributed by atoms with Gasteiger partial charge < -0.3 is 19.4 Å². The number of hydrogen-bond donors (Lipinski definition) is 2. The second-order valence-corrected chi connectivity index (χ2v) is 4.93. The van der Waals surface area contributed by atoms with Gasteiger partial charge in [0.15, 0.2) is 11.3 Å². The molecule has 0 radical (unpaired) electrons. The van der Waals surface area contributed by atoms with Crippen LogP contribution in [0.15, 0.2) is 46.9 Å². The van der Waals surface area contributed by atoms with Crippen molar-refractivity contribution in [3.8, 4) is 28.6 Å². The molecule has 21 heavy (non-hydrogen) atoms. The highest BCUT2D eigenvalue weighted by molar-refractivity contribution is 7.71. The van der Waals surface area contributed by atoms with Crippen LogP contribution in [0, 0.1) is 4.51 Å². The smallest absolute Gasteiger partial charge is 0.204 e. The van der Waals surface area contributed by atoms with Crippen molar-refractivity contribution < 1.29 is 19.4 Å². The van der Waals surface area contributed by atoms with Crippen LogP contribution >= 0.6 is 12.2 Å². The van der Waals surface area contributed by atoms with E-state index in [-0.39, 0.29) is 22.8 Å². The van der Waals surface area contributed by atoms with E-state index in [1.54, 1.807) is 6.07 Å². The summed E-state index contributed by atoms with van der Waals surface area (Å²) in [7, 11) is 1.42. The Labute approximate surface area is 125 Å². The molecule has 1 aromatic heterocycles. The van der Waals surface area contributed by atoms with Crippen molar-refractivity contribution in [3.63, 3.8) is 0 Å². The van der Waals surface area contributed by atoms with Crippen LogP contribution in [-0.2, 0) is 0 Å². The first-order valence-electron chi connectivity index (χ1n) is 6.24. The number of hydrogen-bond acceptors (Lipinski definition) is 5. The lowest BCUT2D eigenvalue weighted by molar-refractivity contribution is 0.367. The molecule has 106 valence electrons. The van der Waals surface area contributed by atoms with E-state index in [4.69, 9.17) is 21.4 Å². The van der Waals surface area contributed by atoms with E-state index in [1.807, 2.05) is 30.3 Å². The lowest BCUT2D eigenvalue weighted by Crippen LogP contribution is -1.88. The maximum Gasteiger partial charge on any atom is 0.204 e. The first-order chi connectivity index (χ1) is 10.1. The largest absolute Gasteiger partial charge is 0.507 e. The minimum atomic E-state index is -0.203. The Morgan fingerprint density at radius 2 is 1.76 bits per heavy atom. The van der Waals surface area contributed by atoms with Gasteiger partial charge in [0.1, 0.15) is 11.5 Å². The first-order valence-corrected chi connectivity index (χ1v) is 6.65. The van der Waals surface area contributed by atoms with Gasteiger partial charge in [-0.2, -0.15) is 0 Å². The van der Waals surface area contributed by atoms with Crippen LogP contribution in [0.3, 0.4) is 0 Å². The van der Waals surface area contributed by atoms with E-state index in [1.165, 1.54) is 13.2 Å². The van der Waals surface area contributed by atoms with Crippen LogP contribution < -0.4 is 4.74 Å². The highest BCUT2D eigenvalue weighted by Gasteiger charge is 2.17. The molecule has 0 saturated carbocycles. The topological polar surface area (TPSA) is 62.8 Å². The molecule has 5 heteroatoms. The third kappa shape index (κ3) is 2.21. The minimum absolute atomic E-state index is 0.142. The molecule has 4 nitrogen and oxygen atoms in total. The molecule has 3 aromatic rings. The lowest BCUT2D eigenvalue weighted by atomic mass is 10.1. The molecule has 1 heterocycles.